The number of carbonyl (C=O) groups is 1. The van der Waals surface area contributed by atoms with Gasteiger partial charge in [-0.25, -0.2) is 0 Å². The van der Waals surface area contributed by atoms with Gasteiger partial charge in [0, 0.05) is 36.9 Å². The molecule has 1 aliphatic rings. The lowest BCUT2D eigenvalue weighted by molar-refractivity contribution is -0.138. The molecule has 0 spiro atoms. The molecule has 1 heterocycles. The summed E-state index contributed by atoms with van der Waals surface area (Å²) in [4.78, 5) is 16.8. The summed E-state index contributed by atoms with van der Waals surface area (Å²) in [6.45, 7) is 6.68. The van der Waals surface area contributed by atoms with Gasteiger partial charge in [-0.05, 0) is 43.7 Å². The van der Waals surface area contributed by atoms with E-state index in [1.165, 1.54) is 5.56 Å². The second kappa shape index (κ2) is 8.19. The molecular formula is C20H22Cl2N2O2. The molecule has 0 aromatic heterocycles. The molecule has 4 nitrogen and oxygen atoms in total. The number of anilines is 1. The summed E-state index contributed by atoms with van der Waals surface area (Å²) in [6.07, 6.45) is -0.575. The van der Waals surface area contributed by atoms with Gasteiger partial charge in [0.1, 0.15) is 5.75 Å². The molecule has 0 aliphatic carbocycles. The second-order valence-corrected chi connectivity index (χ2v) is 7.28. The molecule has 6 heteroatoms. The zero-order valence-electron chi connectivity index (χ0n) is 14.9. The molecule has 0 saturated carbocycles. The lowest BCUT2D eigenvalue weighted by Gasteiger charge is -2.37. The van der Waals surface area contributed by atoms with Crippen LogP contribution in [0.2, 0.25) is 10.0 Å². The van der Waals surface area contributed by atoms with Crippen LogP contribution in [-0.4, -0.2) is 43.1 Å². The molecule has 1 aliphatic heterocycles. The smallest absolute Gasteiger partial charge is 0.263 e. The first-order chi connectivity index (χ1) is 12.5. The van der Waals surface area contributed by atoms with Crippen molar-refractivity contribution in [1.82, 2.24) is 4.90 Å². The second-order valence-electron chi connectivity index (χ2n) is 6.43. The summed E-state index contributed by atoms with van der Waals surface area (Å²) in [5, 5.41) is 1.24. The number of rotatable bonds is 4. The minimum atomic E-state index is -0.575. The van der Waals surface area contributed by atoms with E-state index in [4.69, 9.17) is 27.9 Å². The largest absolute Gasteiger partial charge is 0.479 e. The Bertz CT molecular complexity index is 789. The number of para-hydroxylation sites is 1. The highest BCUT2D eigenvalue weighted by molar-refractivity contribution is 6.32. The van der Waals surface area contributed by atoms with Crippen LogP contribution in [0.5, 0.6) is 5.75 Å². The van der Waals surface area contributed by atoms with Crippen LogP contribution >= 0.6 is 23.2 Å². The zero-order chi connectivity index (χ0) is 18.7. The third-order valence-electron chi connectivity index (χ3n) is 4.59. The van der Waals surface area contributed by atoms with Crippen LogP contribution in [-0.2, 0) is 4.79 Å². The molecule has 0 radical (unpaired) electrons. The van der Waals surface area contributed by atoms with E-state index in [1.807, 2.05) is 35.2 Å². The Labute approximate surface area is 164 Å². The number of carbonyl (C=O) groups excluding carboxylic acids is 1. The standard InChI is InChI=1S/C20H22Cl2N2O2/c1-14-7-8-16(21)13-18(14)23-9-11-24(12-10-23)20(25)15(2)26-19-6-4-3-5-17(19)22/h3-8,13,15H,9-12H2,1-2H3/t15-/m0/s1. The minimum Gasteiger partial charge on any atom is -0.479 e. The molecular weight excluding hydrogens is 371 g/mol. The van der Waals surface area contributed by atoms with Crippen molar-refractivity contribution >= 4 is 34.8 Å². The summed E-state index contributed by atoms with van der Waals surface area (Å²) in [5.74, 6) is 0.510. The maximum atomic E-state index is 12.7. The van der Waals surface area contributed by atoms with Gasteiger partial charge in [0.25, 0.3) is 5.91 Å². The van der Waals surface area contributed by atoms with Crippen molar-refractivity contribution < 1.29 is 9.53 Å². The van der Waals surface area contributed by atoms with Gasteiger partial charge in [0.2, 0.25) is 0 Å². The Hall–Kier alpha value is -1.91. The summed E-state index contributed by atoms with van der Waals surface area (Å²) in [6, 6.07) is 13.1. The van der Waals surface area contributed by atoms with Gasteiger partial charge < -0.3 is 14.5 Å². The number of nitrogens with zero attached hydrogens (tertiary/aromatic N) is 2. The predicted molar refractivity (Wildman–Crippen MR) is 107 cm³/mol. The summed E-state index contributed by atoms with van der Waals surface area (Å²) >= 11 is 12.2. The van der Waals surface area contributed by atoms with Gasteiger partial charge >= 0.3 is 0 Å². The molecule has 1 atom stereocenters. The highest BCUT2D eigenvalue weighted by atomic mass is 35.5. The lowest BCUT2D eigenvalue weighted by Crippen LogP contribution is -2.52. The first-order valence-electron chi connectivity index (χ1n) is 8.67. The average molecular weight is 393 g/mol. The van der Waals surface area contributed by atoms with Gasteiger partial charge in [0.15, 0.2) is 6.10 Å². The van der Waals surface area contributed by atoms with E-state index in [9.17, 15) is 4.79 Å². The third kappa shape index (κ3) is 4.25. The molecule has 2 aromatic carbocycles. The summed E-state index contributed by atoms with van der Waals surface area (Å²) in [7, 11) is 0. The van der Waals surface area contributed by atoms with Gasteiger partial charge in [-0.1, -0.05) is 41.4 Å². The van der Waals surface area contributed by atoms with Crippen molar-refractivity contribution in [2.45, 2.75) is 20.0 Å². The predicted octanol–water partition coefficient (Wildman–Crippen LogP) is 4.42. The fourth-order valence-electron chi connectivity index (χ4n) is 3.13. The Balaban J connectivity index is 1.59. The van der Waals surface area contributed by atoms with Crippen molar-refractivity contribution in [3.63, 3.8) is 0 Å². The van der Waals surface area contributed by atoms with Crippen LogP contribution in [0.15, 0.2) is 42.5 Å². The molecule has 1 fully saturated rings. The van der Waals surface area contributed by atoms with Crippen molar-refractivity contribution in [3.8, 4) is 5.75 Å². The molecule has 3 rings (SSSR count). The third-order valence-corrected chi connectivity index (χ3v) is 5.14. The molecule has 26 heavy (non-hydrogen) atoms. The van der Waals surface area contributed by atoms with E-state index < -0.39 is 6.10 Å². The first kappa shape index (κ1) is 18.9. The molecule has 1 amide bonds. The fourth-order valence-corrected chi connectivity index (χ4v) is 3.48. The monoisotopic (exact) mass is 392 g/mol. The Morgan fingerprint density at radius 1 is 1.08 bits per heavy atom. The highest BCUT2D eigenvalue weighted by Gasteiger charge is 2.27. The van der Waals surface area contributed by atoms with Crippen LogP contribution < -0.4 is 9.64 Å². The van der Waals surface area contributed by atoms with E-state index >= 15 is 0 Å². The Morgan fingerprint density at radius 2 is 1.77 bits per heavy atom. The van der Waals surface area contributed by atoms with Gasteiger partial charge in [-0.3, -0.25) is 4.79 Å². The molecule has 0 N–H and O–H groups in total. The molecule has 2 aromatic rings. The number of benzene rings is 2. The number of hydrogen-bond acceptors (Lipinski definition) is 3. The number of aryl methyl sites for hydroxylation is 1. The van der Waals surface area contributed by atoms with Gasteiger partial charge in [-0.15, -0.1) is 0 Å². The van der Waals surface area contributed by atoms with E-state index in [-0.39, 0.29) is 5.91 Å². The van der Waals surface area contributed by atoms with Crippen LogP contribution in [0.4, 0.5) is 5.69 Å². The molecule has 0 bridgehead atoms. The van der Waals surface area contributed by atoms with Crippen LogP contribution in [0.3, 0.4) is 0 Å². The SMILES string of the molecule is Cc1ccc(Cl)cc1N1CCN(C(=O)[C@H](C)Oc2ccccc2Cl)CC1. The van der Waals surface area contributed by atoms with Gasteiger partial charge in [-0.2, -0.15) is 0 Å². The first-order valence-corrected chi connectivity index (χ1v) is 9.42. The van der Waals surface area contributed by atoms with Crippen LogP contribution in [0.1, 0.15) is 12.5 Å². The topological polar surface area (TPSA) is 32.8 Å². The van der Waals surface area contributed by atoms with E-state index in [2.05, 4.69) is 11.8 Å². The van der Waals surface area contributed by atoms with E-state index in [0.29, 0.717) is 23.9 Å². The van der Waals surface area contributed by atoms with Crippen molar-refractivity contribution in [3.05, 3.63) is 58.1 Å². The zero-order valence-corrected chi connectivity index (χ0v) is 16.4. The number of piperazine rings is 1. The number of hydrogen-bond donors (Lipinski definition) is 0. The van der Waals surface area contributed by atoms with E-state index in [1.54, 1.807) is 19.1 Å². The quantitative estimate of drug-likeness (QED) is 0.771. The average Bonchev–Trinajstić information content (AvgIpc) is 2.65. The number of halogens is 2. The fraction of sp³-hybridized carbons (Fsp3) is 0.350. The molecule has 0 unspecified atom stereocenters. The maximum Gasteiger partial charge on any atom is 0.263 e. The van der Waals surface area contributed by atoms with E-state index in [0.717, 1.165) is 23.8 Å². The van der Waals surface area contributed by atoms with Crippen LogP contribution in [0, 0.1) is 6.92 Å². The molecule has 1 saturated heterocycles. The highest BCUT2D eigenvalue weighted by Crippen LogP contribution is 2.26. The lowest BCUT2D eigenvalue weighted by atomic mass is 10.1. The molecule has 138 valence electrons. The van der Waals surface area contributed by atoms with Gasteiger partial charge in [0.05, 0.1) is 5.02 Å². The normalized spacial score (nSPS) is 15.7. The number of ether oxygens (including phenoxy) is 1. The van der Waals surface area contributed by atoms with Crippen LogP contribution in [0.25, 0.3) is 0 Å². The summed E-state index contributed by atoms with van der Waals surface area (Å²) in [5.41, 5.74) is 2.31. The van der Waals surface area contributed by atoms with Crippen molar-refractivity contribution in [1.29, 1.82) is 0 Å². The Morgan fingerprint density at radius 3 is 2.46 bits per heavy atom. The maximum absolute atomic E-state index is 12.7. The van der Waals surface area contributed by atoms with Crippen molar-refractivity contribution in [2.75, 3.05) is 31.1 Å². The summed E-state index contributed by atoms with van der Waals surface area (Å²) < 4.78 is 5.75. The number of amides is 1. The van der Waals surface area contributed by atoms with Crippen molar-refractivity contribution in [2.24, 2.45) is 0 Å². The minimum absolute atomic E-state index is 0.0209. The Kier molecular flexibility index (Phi) is 5.94.